The summed E-state index contributed by atoms with van der Waals surface area (Å²) in [6, 6.07) is 0. The second kappa shape index (κ2) is 17.8. The van der Waals surface area contributed by atoms with Gasteiger partial charge in [-0.25, -0.2) is 0 Å². The van der Waals surface area contributed by atoms with Crippen LogP contribution in [0, 0.1) is 5.92 Å². The first-order chi connectivity index (χ1) is 14.2. The van der Waals surface area contributed by atoms with Crippen LogP contribution >= 0.6 is 0 Å². The van der Waals surface area contributed by atoms with E-state index in [0.29, 0.717) is 5.92 Å². The van der Waals surface area contributed by atoms with Crippen LogP contribution in [-0.2, 0) is 0 Å². The van der Waals surface area contributed by atoms with Crippen molar-refractivity contribution in [1.29, 1.82) is 0 Å². The van der Waals surface area contributed by atoms with Crippen LogP contribution < -0.4 is 0 Å². The van der Waals surface area contributed by atoms with E-state index in [1.165, 1.54) is 34.3 Å². The van der Waals surface area contributed by atoms with Crippen molar-refractivity contribution in [3.63, 3.8) is 0 Å². The average molecular weight is 407 g/mol. The molecule has 0 aromatic heterocycles. The van der Waals surface area contributed by atoms with Crippen molar-refractivity contribution < 1.29 is 0 Å². The van der Waals surface area contributed by atoms with E-state index in [1.54, 1.807) is 0 Å². The van der Waals surface area contributed by atoms with Gasteiger partial charge in [-0.1, -0.05) is 109 Å². The summed E-state index contributed by atoms with van der Waals surface area (Å²) < 4.78 is 0. The molecule has 0 aliphatic heterocycles. The molecule has 0 heterocycles. The van der Waals surface area contributed by atoms with Gasteiger partial charge in [0, 0.05) is 0 Å². The van der Waals surface area contributed by atoms with Crippen molar-refractivity contribution >= 4 is 0 Å². The average Bonchev–Trinajstić information content (AvgIpc) is 2.64. The Morgan fingerprint density at radius 2 is 1.27 bits per heavy atom. The van der Waals surface area contributed by atoms with E-state index in [0.717, 1.165) is 25.7 Å². The van der Waals surface area contributed by atoms with E-state index in [9.17, 15) is 0 Å². The monoisotopic (exact) mass is 406 g/mol. The SMILES string of the molecule is CC(C)=CCC/C(C)=C/CC/C(C)=C/C=C/C=C(C)/C=C/C=C(\C)C/C=C\C(C)C. The normalized spacial score (nSPS) is 14.7. The van der Waals surface area contributed by atoms with Gasteiger partial charge in [-0.3, -0.25) is 0 Å². The Bertz CT molecular complexity index is 705. The molecule has 30 heavy (non-hydrogen) atoms. The van der Waals surface area contributed by atoms with Gasteiger partial charge in [0.25, 0.3) is 0 Å². The van der Waals surface area contributed by atoms with Gasteiger partial charge in [-0.05, 0) is 79.6 Å². The molecule has 0 aliphatic carbocycles. The van der Waals surface area contributed by atoms with Crippen molar-refractivity contribution in [2.75, 3.05) is 0 Å². The second-order valence-electron chi connectivity index (χ2n) is 8.97. The molecule has 0 bridgehead atoms. The predicted molar refractivity (Wildman–Crippen MR) is 140 cm³/mol. The van der Waals surface area contributed by atoms with Crippen LogP contribution in [0.3, 0.4) is 0 Å². The van der Waals surface area contributed by atoms with Crippen LogP contribution in [-0.4, -0.2) is 0 Å². The van der Waals surface area contributed by atoms with Crippen LogP contribution in [0.5, 0.6) is 0 Å². The van der Waals surface area contributed by atoms with Crippen LogP contribution in [0.2, 0.25) is 0 Å². The number of allylic oxidation sites excluding steroid dienone is 16. The van der Waals surface area contributed by atoms with Gasteiger partial charge >= 0.3 is 0 Å². The smallest absolute Gasteiger partial charge is 0.0138 e. The molecule has 0 unspecified atom stereocenters. The zero-order valence-electron chi connectivity index (χ0n) is 21.0. The van der Waals surface area contributed by atoms with Gasteiger partial charge in [-0.15, -0.1) is 0 Å². The van der Waals surface area contributed by atoms with E-state index in [1.807, 2.05) is 0 Å². The Kier molecular flexibility index (Phi) is 16.5. The van der Waals surface area contributed by atoms with E-state index < -0.39 is 0 Å². The molecule has 0 radical (unpaired) electrons. The summed E-state index contributed by atoms with van der Waals surface area (Å²) in [4.78, 5) is 0. The highest BCUT2D eigenvalue weighted by Gasteiger charge is 1.91. The third kappa shape index (κ3) is 19.2. The standard InChI is InChI=1S/C30H46/c1-25(2)15-11-19-29(7)23-13-21-27(5)17-9-10-18-28(6)22-14-24-30(8)20-12-16-26(3)4/h9-11,13,15-18,21,23-25H,12,14,19-20,22H2,1-8H3/b10-9+,15-11-,21-13+,27-17+,28-18+,29-23+,30-24+. The van der Waals surface area contributed by atoms with Crippen LogP contribution in [0.1, 0.15) is 87.5 Å². The van der Waals surface area contributed by atoms with Gasteiger partial charge in [0.1, 0.15) is 0 Å². The zero-order chi connectivity index (χ0) is 22.8. The summed E-state index contributed by atoms with van der Waals surface area (Å²) in [6.07, 6.45) is 30.0. The summed E-state index contributed by atoms with van der Waals surface area (Å²) >= 11 is 0. The lowest BCUT2D eigenvalue weighted by Gasteiger charge is -2.00. The van der Waals surface area contributed by atoms with E-state index >= 15 is 0 Å². The Morgan fingerprint density at radius 1 is 0.667 bits per heavy atom. The molecule has 0 aromatic rings. The molecule has 0 aromatic carbocycles. The molecule has 0 atom stereocenters. The molecule has 0 fully saturated rings. The molecular formula is C30H46. The van der Waals surface area contributed by atoms with Crippen LogP contribution in [0.15, 0.2) is 94.7 Å². The number of hydrogen-bond donors (Lipinski definition) is 0. The maximum absolute atomic E-state index is 2.39. The topological polar surface area (TPSA) is 0 Å². The van der Waals surface area contributed by atoms with Gasteiger partial charge in [0.2, 0.25) is 0 Å². The summed E-state index contributed by atoms with van der Waals surface area (Å²) in [5.74, 6) is 0.626. The molecule has 0 amide bonds. The van der Waals surface area contributed by atoms with Crippen molar-refractivity contribution in [3.05, 3.63) is 94.7 Å². The third-order valence-electron chi connectivity index (χ3n) is 4.67. The molecule has 0 N–H and O–H groups in total. The second-order valence-corrected chi connectivity index (χ2v) is 8.97. The Balaban J connectivity index is 4.37. The summed E-state index contributed by atoms with van der Waals surface area (Å²) in [7, 11) is 0. The number of rotatable bonds is 13. The van der Waals surface area contributed by atoms with Gasteiger partial charge in [0.05, 0.1) is 0 Å². The first-order valence-electron chi connectivity index (χ1n) is 11.5. The lowest BCUT2D eigenvalue weighted by Crippen LogP contribution is -1.80. The minimum Gasteiger partial charge on any atom is -0.0856 e. The van der Waals surface area contributed by atoms with Crippen LogP contribution in [0.4, 0.5) is 0 Å². The highest BCUT2D eigenvalue weighted by molar-refractivity contribution is 5.27. The van der Waals surface area contributed by atoms with Crippen molar-refractivity contribution in [3.8, 4) is 0 Å². The summed E-state index contributed by atoms with van der Waals surface area (Å²) in [5.41, 5.74) is 6.98. The number of hydrogen-bond acceptors (Lipinski definition) is 0. The first-order valence-corrected chi connectivity index (χ1v) is 11.5. The van der Waals surface area contributed by atoms with Crippen molar-refractivity contribution in [2.24, 2.45) is 5.92 Å². The molecule has 166 valence electrons. The summed E-state index contributed by atoms with van der Waals surface area (Å²) in [6.45, 7) is 17.5. The lowest BCUT2D eigenvalue weighted by molar-refractivity contribution is 0.827. The molecule has 0 heteroatoms. The van der Waals surface area contributed by atoms with Gasteiger partial charge in [-0.2, -0.15) is 0 Å². The molecule has 0 saturated carbocycles. The predicted octanol–water partition coefficient (Wildman–Crippen LogP) is 10.0. The molecule has 0 rings (SSSR count). The first kappa shape index (κ1) is 27.9. The van der Waals surface area contributed by atoms with E-state index in [4.69, 9.17) is 0 Å². The van der Waals surface area contributed by atoms with Gasteiger partial charge < -0.3 is 0 Å². The fourth-order valence-corrected chi connectivity index (χ4v) is 2.76. The molecule has 0 aliphatic rings. The van der Waals surface area contributed by atoms with E-state index in [2.05, 4.69) is 122 Å². The maximum Gasteiger partial charge on any atom is -0.0138 e. The largest absolute Gasteiger partial charge is 0.0856 e. The minimum atomic E-state index is 0.626. The Labute approximate surface area is 188 Å². The Morgan fingerprint density at radius 3 is 1.93 bits per heavy atom. The third-order valence-corrected chi connectivity index (χ3v) is 4.67. The molecule has 0 spiro atoms. The Hall–Kier alpha value is -2.08. The fourth-order valence-electron chi connectivity index (χ4n) is 2.76. The molecular weight excluding hydrogens is 360 g/mol. The highest BCUT2D eigenvalue weighted by Crippen LogP contribution is 2.11. The van der Waals surface area contributed by atoms with Crippen molar-refractivity contribution in [2.45, 2.75) is 87.5 Å². The fraction of sp³-hybridized carbons (Fsp3) is 0.467. The van der Waals surface area contributed by atoms with E-state index in [-0.39, 0.29) is 0 Å². The maximum atomic E-state index is 2.39. The molecule has 0 saturated heterocycles. The zero-order valence-corrected chi connectivity index (χ0v) is 21.0. The van der Waals surface area contributed by atoms with Crippen molar-refractivity contribution in [1.82, 2.24) is 0 Å². The highest BCUT2D eigenvalue weighted by atomic mass is 14.0. The quantitative estimate of drug-likeness (QED) is 0.211. The van der Waals surface area contributed by atoms with Gasteiger partial charge in [0.15, 0.2) is 0 Å². The molecule has 0 nitrogen and oxygen atoms in total. The lowest BCUT2D eigenvalue weighted by atomic mass is 10.1. The van der Waals surface area contributed by atoms with Crippen LogP contribution in [0.25, 0.3) is 0 Å². The summed E-state index contributed by atoms with van der Waals surface area (Å²) in [5, 5.41) is 0. The minimum absolute atomic E-state index is 0.626.